The molecule has 0 rings (SSSR count). The van der Waals surface area contributed by atoms with Gasteiger partial charge in [0.1, 0.15) is 6.42 Å². The van der Waals surface area contributed by atoms with Gasteiger partial charge in [-0.15, -0.1) is 0 Å². The number of hydrogen-bond acceptors (Lipinski definition) is 2. The summed E-state index contributed by atoms with van der Waals surface area (Å²) in [6.07, 6.45) is -0.806. The molecule has 0 aromatic rings. The first kappa shape index (κ1) is 16.5. The van der Waals surface area contributed by atoms with Crippen LogP contribution in [0.3, 0.4) is 0 Å². The Kier molecular flexibility index (Phi) is 19.3. The van der Waals surface area contributed by atoms with Crippen LogP contribution in [-0.4, -0.2) is 22.2 Å². The van der Waals surface area contributed by atoms with Gasteiger partial charge in [-0.2, -0.15) is 6.92 Å². The summed E-state index contributed by atoms with van der Waals surface area (Å²) in [5.74, 6) is -2.62. The summed E-state index contributed by atoms with van der Waals surface area (Å²) in [6.45, 7) is 5.00. The fourth-order valence-corrected chi connectivity index (χ4v) is 0.129. The zero-order chi connectivity index (χ0) is 7.86. The molecule has 5 heteroatoms. The van der Waals surface area contributed by atoms with Crippen LogP contribution >= 0.6 is 0 Å². The molecule has 2 N–H and O–H groups in total. The molecular weight excluding hydrogens is 147 g/mol. The van der Waals surface area contributed by atoms with Gasteiger partial charge in [0.25, 0.3) is 0 Å². The van der Waals surface area contributed by atoms with Crippen LogP contribution in [0.1, 0.15) is 13.3 Å². The number of aliphatic carboxylic acids is 2. The molecule has 10 heavy (non-hydrogen) atoms. The standard InChI is InChI=1S/C3H4O4.C2H5.Na/c4-2(5)1-3(6)7;1-2;/h1H2,(H,4,5)(H,6,7);1H2,2H3;/q;-1;+1. The van der Waals surface area contributed by atoms with Gasteiger partial charge in [0, 0.05) is 0 Å². The van der Waals surface area contributed by atoms with Crippen LogP contribution in [0.2, 0.25) is 0 Å². The van der Waals surface area contributed by atoms with E-state index in [1.54, 1.807) is 6.92 Å². The second-order valence-electron chi connectivity index (χ2n) is 0.964. The molecule has 0 aliphatic heterocycles. The number of hydrogen-bond donors (Lipinski definition) is 2. The first-order valence-electron chi connectivity index (χ1n) is 2.27. The zero-order valence-electron chi connectivity index (χ0n) is 6.13. The third kappa shape index (κ3) is 24.6. The summed E-state index contributed by atoms with van der Waals surface area (Å²) < 4.78 is 0. The molecule has 4 nitrogen and oxygen atoms in total. The Morgan fingerprint density at radius 3 is 1.40 bits per heavy atom. The first-order chi connectivity index (χ1) is 4.13. The first-order valence-corrected chi connectivity index (χ1v) is 2.27. The van der Waals surface area contributed by atoms with Gasteiger partial charge in [-0.05, 0) is 0 Å². The molecule has 54 valence electrons. The van der Waals surface area contributed by atoms with E-state index in [-0.39, 0.29) is 29.6 Å². The predicted octanol–water partition coefficient (Wildman–Crippen LogP) is -2.61. The van der Waals surface area contributed by atoms with Crippen molar-refractivity contribution in [3.63, 3.8) is 0 Å². The normalized spacial score (nSPS) is 6.20. The van der Waals surface area contributed by atoms with Crippen molar-refractivity contribution in [3.05, 3.63) is 6.92 Å². The molecule has 0 unspecified atom stereocenters. The van der Waals surface area contributed by atoms with E-state index in [2.05, 4.69) is 6.92 Å². The van der Waals surface area contributed by atoms with Crippen molar-refractivity contribution in [2.45, 2.75) is 13.3 Å². The van der Waals surface area contributed by atoms with Gasteiger partial charge in [-0.25, -0.2) is 0 Å². The van der Waals surface area contributed by atoms with E-state index in [1.807, 2.05) is 0 Å². The third-order valence-electron chi connectivity index (χ3n) is 0.302. The maximum absolute atomic E-state index is 9.43. The van der Waals surface area contributed by atoms with Crippen molar-refractivity contribution < 1.29 is 49.4 Å². The molecule has 0 fully saturated rings. The Labute approximate surface area is 81.5 Å². The summed E-state index contributed by atoms with van der Waals surface area (Å²) in [5, 5.41) is 15.4. The molecule has 0 saturated heterocycles. The van der Waals surface area contributed by atoms with Gasteiger partial charge in [-0.1, -0.05) is 0 Å². The van der Waals surface area contributed by atoms with Crippen molar-refractivity contribution in [1.82, 2.24) is 0 Å². The van der Waals surface area contributed by atoms with Crippen molar-refractivity contribution >= 4 is 11.9 Å². The van der Waals surface area contributed by atoms with Crippen LogP contribution in [0.15, 0.2) is 0 Å². The molecule has 0 saturated carbocycles. The molecule has 0 amide bonds. The average molecular weight is 156 g/mol. The second kappa shape index (κ2) is 11.7. The van der Waals surface area contributed by atoms with E-state index in [4.69, 9.17) is 10.2 Å². The molecule has 0 bridgehead atoms. The van der Waals surface area contributed by atoms with E-state index in [1.165, 1.54) is 0 Å². The number of carboxylic acids is 2. The summed E-state index contributed by atoms with van der Waals surface area (Å²) in [6, 6.07) is 0. The fourth-order valence-electron chi connectivity index (χ4n) is 0.129. The van der Waals surface area contributed by atoms with Crippen molar-refractivity contribution in [1.29, 1.82) is 0 Å². The van der Waals surface area contributed by atoms with Crippen LogP contribution in [0.25, 0.3) is 0 Å². The Hall–Kier alpha value is -0.0600. The average Bonchev–Trinajstić information content (AvgIpc) is 1.68. The minimum absolute atomic E-state index is 0. The molecule has 0 heterocycles. The van der Waals surface area contributed by atoms with Crippen LogP contribution in [0.4, 0.5) is 0 Å². The number of carbonyl (C=O) groups is 2. The number of carboxylic acid groups (broad SMARTS) is 2. The quantitative estimate of drug-likeness (QED) is 0.261. The minimum atomic E-state index is -1.31. The molecule has 0 aliphatic rings. The number of rotatable bonds is 2. The molecule has 0 atom stereocenters. The Morgan fingerprint density at radius 2 is 1.40 bits per heavy atom. The SMILES string of the molecule is O=C(O)CC(=O)O.[CH2-]C.[Na+]. The molecule has 0 aromatic carbocycles. The zero-order valence-corrected chi connectivity index (χ0v) is 8.13. The third-order valence-corrected chi connectivity index (χ3v) is 0.302. The van der Waals surface area contributed by atoms with E-state index < -0.39 is 18.4 Å². The van der Waals surface area contributed by atoms with Crippen molar-refractivity contribution in [3.8, 4) is 0 Å². The van der Waals surface area contributed by atoms with Crippen LogP contribution in [0, 0.1) is 6.92 Å². The molecule has 0 aliphatic carbocycles. The molecule has 0 spiro atoms. The van der Waals surface area contributed by atoms with Gasteiger partial charge in [0.2, 0.25) is 0 Å². The fraction of sp³-hybridized carbons (Fsp3) is 0.400. The molecule has 0 radical (unpaired) electrons. The van der Waals surface area contributed by atoms with E-state index >= 15 is 0 Å². The van der Waals surface area contributed by atoms with Gasteiger partial charge in [-0.3, -0.25) is 9.59 Å². The Balaban J connectivity index is -0.000000149. The van der Waals surface area contributed by atoms with Crippen LogP contribution < -0.4 is 29.6 Å². The minimum Gasteiger partial charge on any atom is -0.481 e. The predicted molar refractivity (Wildman–Crippen MR) is 30.9 cm³/mol. The Bertz CT molecular complexity index is 89.8. The Morgan fingerprint density at radius 1 is 1.20 bits per heavy atom. The van der Waals surface area contributed by atoms with E-state index in [0.29, 0.717) is 0 Å². The largest absolute Gasteiger partial charge is 1.00 e. The second-order valence-corrected chi connectivity index (χ2v) is 0.964. The summed E-state index contributed by atoms with van der Waals surface area (Å²) in [7, 11) is 0. The topological polar surface area (TPSA) is 74.6 Å². The maximum atomic E-state index is 9.43. The monoisotopic (exact) mass is 156 g/mol. The van der Waals surface area contributed by atoms with Crippen LogP contribution in [0.5, 0.6) is 0 Å². The summed E-state index contributed by atoms with van der Waals surface area (Å²) >= 11 is 0. The van der Waals surface area contributed by atoms with Crippen molar-refractivity contribution in [2.75, 3.05) is 0 Å². The summed E-state index contributed by atoms with van der Waals surface area (Å²) in [5.41, 5.74) is 0. The molecular formula is C5H9NaO4. The van der Waals surface area contributed by atoms with E-state index in [9.17, 15) is 9.59 Å². The van der Waals surface area contributed by atoms with Crippen LogP contribution in [-0.2, 0) is 9.59 Å². The van der Waals surface area contributed by atoms with Gasteiger partial charge >= 0.3 is 41.5 Å². The summed E-state index contributed by atoms with van der Waals surface area (Å²) in [4.78, 5) is 18.9. The molecule has 0 aromatic heterocycles. The van der Waals surface area contributed by atoms with Gasteiger partial charge in [0.15, 0.2) is 0 Å². The van der Waals surface area contributed by atoms with Gasteiger partial charge < -0.3 is 17.1 Å². The van der Waals surface area contributed by atoms with E-state index in [0.717, 1.165) is 0 Å². The maximum Gasteiger partial charge on any atom is 1.00 e. The van der Waals surface area contributed by atoms with Gasteiger partial charge in [0.05, 0.1) is 0 Å². The van der Waals surface area contributed by atoms with Crippen molar-refractivity contribution in [2.24, 2.45) is 0 Å². The smallest absolute Gasteiger partial charge is 0.481 e.